The van der Waals surface area contributed by atoms with Crippen molar-refractivity contribution in [2.24, 2.45) is 0 Å². The first-order valence-electron chi connectivity index (χ1n) is 4.74. The second-order valence-corrected chi connectivity index (χ2v) is 3.14. The quantitative estimate of drug-likeness (QED) is 0.818. The monoisotopic (exact) mass is 217 g/mol. The molecule has 0 fully saturated rings. The maximum Gasteiger partial charge on any atom is 0.252 e. The molecular weight excluding hydrogens is 206 g/mol. The Morgan fingerprint density at radius 2 is 2.00 bits per heavy atom. The van der Waals surface area contributed by atoms with Crippen molar-refractivity contribution in [3.63, 3.8) is 0 Å². The number of hydrogen-bond acceptors (Lipinski definition) is 4. The first kappa shape index (κ1) is 10.2. The van der Waals surface area contributed by atoms with Gasteiger partial charge >= 0.3 is 0 Å². The molecule has 0 radical (unpaired) electrons. The van der Waals surface area contributed by atoms with Crippen molar-refractivity contribution in [3.8, 4) is 5.75 Å². The van der Waals surface area contributed by atoms with Crippen LogP contribution in [0, 0.1) is 0 Å². The molecule has 0 unspecified atom stereocenters. The molecule has 0 atom stereocenters. The van der Waals surface area contributed by atoms with E-state index in [1.54, 1.807) is 7.11 Å². The number of ether oxygens (including phenoxy) is 1. The highest BCUT2D eigenvalue weighted by molar-refractivity contribution is 5.54. The number of benzene rings is 1. The van der Waals surface area contributed by atoms with Gasteiger partial charge in [-0.05, 0) is 24.3 Å². The molecule has 0 aliphatic rings. The Hall–Kier alpha value is -2.30. The normalized spacial score (nSPS) is 9.81. The molecule has 5 heteroatoms. The molecule has 0 amide bonds. The Labute approximate surface area is 92.1 Å². The summed E-state index contributed by atoms with van der Waals surface area (Å²) < 4.78 is 5.04. The van der Waals surface area contributed by atoms with Crippen LogP contribution in [-0.2, 0) is 0 Å². The smallest absolute Gasteiger partial charge is 0.252 e. The van der Waals surface area contributed by atoms with E-state index in [1.807, 2.05) is 24.3 Å². The number of hydrogen-bond donors (Lipinski definition) is 2. The molecule has 0 bridgehead atoms. The van der Waals surface area contributed by atoms with Crippen LogP contribution in [0.25, 0.3) is 0 Å². The van der Waals surface area contributed by atoms with Crippen molar-refractivity contribution in [2.45, 2.75) is 0 Å². The average Bonchev–Trinajstić information content (AvgIpc) is 2.30. The molecule has 0 aliphatic carbocycles. The molecule has 1 heterocycles. The van der Waals surface area contributed by atoms with E-state index in [2.05, 4.69) is 15.3 Å². The zero-order valence-electron chi connectivity index (χ0n) is 8.73. The van der Waals surface area contributed by atoms with Crippen molar-refractivity contribution in [1.29, 1.82) is 0 Å². The second kappa shape index (κ2) is 4.48. The molecule has 1 aromatic carbocycles. The Morgan fingerprint density at radius 1 is 1.25 bits per heavy atom. The Morgan fingerprint density at radius 3 is 2.62 bits per heavy atom. The highest BCUT2D eigenvalue weighted by Crippen LogP contribution is 2.16. The number of methoxy groups -OCH3 is 1. The average molecular weight is 217 g/mol. The van der Waals surface area contributed by atoms with Crippen molar-refractivity contribution >= 4 is 11.6 Å². The number of H-pyrrole nitrogens is 1. The van der Waals surface area contributed by atoms with Gasteiger partial charge in [0, 0.05) is 18.0 Å². The molecule has 0 saturated carbocycles. The van der Waals surface area contributed by atoms with Gasteiger partial charge in [-0.25, -0.2) is 4.98 Å². The van der Waals surface area contributed by atoms with Gasteiger partial charge in [0.1, 0.15) is 5.75 Å². The Kier molecular flexibility index (Phi) is 2.86. The Balaban J connectivity index is 2.17. The van der Waals surface area contributed by atoms with Crippen LogP contribution < -0.4 is 15.6 Å². The van der Waals surface area contributed by atoms with E-state index in [-0.39, 0.29) is 5.56 Å². The van der Waals surface area contributed by atoms with Crippen molar-refractivity contribution < 1.29 is 4.74 Å². The number of nitrogens with zero attached hydrogens (tertiary/aromatic N) is 1. The summed E-state index contributed by atoms with van der Waals surface area (Å²) in [6, 6.07) is 8.68. The molecule has 82 valence electrons. The van der Waals surface area contributed by atoms with Gasteiger partial charge in [-0.15, -0.1) is 0 Å². The Bertz CT molecular complexity index is 519. The third-order valence-corrected chi connectivity index (χ3v) is 2.02. The van der Waals surface area contributed by atoms with Crippen molar-refractivity contribution in [3.05, 3.63) is 46.9 Å². The minimum Gasteiger partial charge on any atom is -0.497 e. The highest BCUT2D eigenvalue weighted by Gasteiger charge is 1.96. The third kappa shape index (κ3) is 2.38. The summed E-state index contributed by atoms with van der Waals surface area (Å²) in [7, 11) is 1.61. The number of anilines is 2. The SMILES string of the molecule is COc1ccc(Nc2nccc(=O)[nH]2)cc1. The minimum atomic E-state index is -0.189. The first-order chi connectivity index (χ1) is 7.78. The molecule has 0 aliphatic heterocycles. The predicted molar refractivity (Wildman–Crippen MR) is 61.1 cm³/mol. The molecule has 5 nitrogen and oxygen atoms in total. The van der Waals surface area contributed by atoms with Gasteiger partial charge in [0.25, 0.3) is 5.56 Å². The lowest BCUT2D eigenvalue weighted by atomic mass is 10.3. The summed E-state index contributed by atoms with van der Waals surface area (Å²) >= 11 is 0. The maximum absolute atomic E-state index is 11.0. The van der Waals surface area contributed by atoms with Crippen LogP contribution >= 0.6 is 0 Å². The van der Waals surface area contributed by atoms with E-state index in [9.17, 15) is 4.79 Å². The van der Waals surface area contributed by atoms with E-state index in [1.165, 1.54) is 12.3 Å². The molecule has 2 N–H and O–H groups in total. The summed E-state index contributed by atoms with van der Waals surface area (Å²) in [4.78, 5) is 17.6. The van der Waals surface area contributed by atoms with Gasteiger partial charge in [-0.1, -0.05) is 0 Å². The van der Waals surface area contributed by atoms with E-state index in [4.69, 9.17) is 4.74 Å². The van der Waals surface area contributed by atoms with Crippen LogP contribution in [0.15, 0.2) is 41.3 Å². The fraction of sp³-hybridized carbons (Fsp3) is 0.0909. The molecule has 1 aromatic heterocycles. The lowest BCUT2D eigenvalue weighted by Gasteiger charge is -2.05. The van der Waals surface area contributed by atoms with Gasteiger partial charge in [-0.2, -0.15) is 0 Å². The zero-order chi connectivity index (χ0) is 11.4. The molecule has 0 spiro atoms. The highest BCUT2D eigenvalue weighted by atomic mass is 16.5. The topological polar surface area (TPSA) is 67.0 Å². The predicted octanol–water partition coefficient (Wildman–Crippen LogP) is 1.52. The van der Waals surface area contributed by atoms with Crippen LogP contribution in [0.1, 0.15) is 0 Å². The van der Waals surface area contributed by atoms with Crippen LogP contribution in [-0.4, -0.2) is 17.1 Å². The molecule has 2 aromatic rings. The lowest BCUT2D eigenvalue weighted by molar-refractivity contribution is 0.415. The first-order valence-corrected chi connectivity index (χ1v) is 4.74. The van der Waals surface area contributed by atoms with Gasteiger partial charge in [-0.3, -0.25) is 9.78 Å². The largest absolute Gasteiger partial charge is 0.497 e. The fourth-order valence-corrected chi connectivity index (χ4v) is 1.24. The zero-order valence-corrected chi connectivity index (χ0v) is 8.73. The lowest BCUT2D eigenvalue weighted by Crippen LogP contribution is -2.08. The van der Waals surface area contributed by atoms with Crippen molar-refractivity contribution in [1.82, 2.24) is 9.97 Å². The van der Waals surface area contributed by atoms with Crippen LogP contribution in [0.5, 0.6) is 5.75 Å². The number of aromatic amines is 1. The number of rotatable bonds is 3. The fourth-order valence-electron chi connectivity index (χ4n) is 1.24. The second-order valence-electron chi connectivity index (χ2n) is 3.14. The van der Waals surface area contributed by atoms with E-state index < -0.39 is 0 Å². The van der Waals surface area contributed by atoms with Gasteiger partial charge < -0.3 is 10.1 Å². The summed E-state index contributed by atoms with van der Waals surface area (Å²) in [5.41, 5.74) is 0.640. The molecule has 2 rings (SSSR count). The summed E-state index contributed by atoms with van der Waals surface area (Å²) in [5.74, 6) is 1.19. The van der Waals surface area contributed by atoms with Crippen LogP contribution in [0.3, 0.4) is 0 Å². The molecular formula is C11H11N3O2. The number of aromatic nitrogens is 2. The minimum absolute atomic E-state index is 0.189. The summed E-state index contributed by atoms with van der Waals surface area (Å²) in [5, 5.41) is 2.97. The van der Waals surface area contributed by atoms with Gasteiger partial charge in [0.2, 0.25) is 5.95 Å². The third-order valence-electron chi connectivity index (χ3n) is 2.02. The standard InChI is InChI=1S/C11H11N3O2/c1-16-9-4-2-8(3-5-9)13-11-12-7-6-10(15)14-11/h2-7H,1H3,(H2,12,13,14,15). The summed E-state index contributed by atoms with van der Waals surface area (Å²) in [6.07, 6.45) is 1.45. The van der Waals surface area contributed by atoms with E-state index in [0.29, 0.717) is 5.95 Å². The van der Waals surface area contributed by atoms with Crippen LogP contribution in [0.4, 0.5) is 11.6 Å². The van der Waals surface area contributed by atoms with Gasteiger partial charge in [0.15, 0.2) is 0 Å². The summed E-state index contributed by atoms with van der Waals surface area (Å²) in [6.45, 7) is 0. The van der Waals surface area contributed by atoms with Gasteiger partial charge in [0.05, 0.1) is 7.11 Å². The number of nitrogens with one attached hydrogen (secondary N) is 2. The maximum atomic E-state index is 11.0. The molecule has 16 heavy (non-hydrogen) atoms. The van der Waals surface area contributed by atoms with E-state index >= 15 is 0 Å². The van der Waals surface area contributed by atoms with Crippen LogP contribution in [0.2, 0.25) is 0 Å². The molecule has 0 saturated heterocycles. The van der Waals surface area contributed by atoms with E-state index in [0.717, 1.165) is 11.4 Å². The van der Waals surface area contributed by atoms with Crippen molar-refractivity contribution in [2.75, 3.05) is 12.4 Å².